The number of thiophene rings is 2. The third kappa shape index (κ3) is 4.81. The van der Waals surface area contributed by atoms with E-state index in [4.69, 9.17) is 9.05 Å². The summed E-state index contributed by atoms with van der Waals surface area (Å²) in [5.41, 5.74) is 0. The molecule has 0 radical (unpaired) electrons. The summed E-state index contributed by atoms with van der Waals surface area (Å²) in [5.74, 6) is 0. The highest BCUT2D eigenvalue weighted by Gasteiger charge is 2.21. The van der Waals surface area contributed by atoms with Gasteiger partial charge >= 0.3 is 8.25 Å². The molecule has 96 valence electrons. The van der Waals surface area contributed by atoms with Gasteiger partial charge in [0.05, 0.1) is 7.57 Å². The summed E-state index contributed by atoms with van der Waals surface area (Å²) in [7, 11) is -2.08. The normalized spacial score (nSPS) is 10.8. The van der Waals surface area contributed by atoms with E-state index in [0.29, 0.717) is 13.2 Å². The fourth-order valence-corrected chi connectivity index (χ4v) is 4.66. The van der Waals surface area contributed by atoms with E-state index >= 15 is 0 Å². The molecule has 3 nitrogen and oxygen atoms in total. The fourth-order valence-electron chi connectivity index (χ4n) is 1.13. The molecule has 18 heavy (non-hydrogen) atoms. The van der Waals surface area contributed by atoms with E-state index < -0.39 is 8.25 Å². The lowest BCUT2D eigenvalue weighted by Crippen LogP contribution is -1.85. The zero-order valence-corrected chi connectivity index (χ0v) is 14.7. The highest BCUT2D eigenvalue weighted by Crippen LogP contribution is 2.32. The second-order valence-corrected chi connectivity index (χ2v) is 9.24. The van der Waals surface area contributed by atoms with Crippen LogP contribution in [-0.4, -0.2) is 0 Å². The van der Waals surface area contributed by atoms with Gasteiger partial charge in [0.2, 0.25) is 0 Å². The van der Waals surface area contributed by atoms with Crippen molar-refractivity contribution in [1.82, 2.24) is 0 Å². The monoisotopic (exact) mass is 429 g/mol. The summed E-state index contributed by atoms with van der Waals surface area (Å²) >= 11 is 9.82. The molecule has 0 saturated carbocycles. The maximum atomic E-state index is 11.5. The van der Waals surface area contributed by atoms with E-state index in [1.807, 2.05) is 24.3 Å². The van der Waals surface area contributed by atoms with Crippen molar-refractivity contribution in [3.05, 3.63) is 41.6 Å². The number of hydrogen-bond donors (Lipinski definition) is 0. The highest BCUT2D eigenvalue weighted by molar-refractivity contribution is 9.11. The minimum absolute atomic E-state index is 0.305. The van der Waals surface area contributed by atoms with Crippen LogP contribution in [0.2, 0.25) is 0 Å². The van der Waals surface area contributed by atoms with Gasteiger partial charge in [0.15, 0.2) is 0 Å². The Morgan fingerprint density at radius 1 is 0.944 bits per heavy atom. The standard InChI is InChI=1S/C10H8Br2O3PS2/c11-9-3-1-7(17-9)5-14-16(13)15-6-8-2-4-10(12)18-8/h1-4H,5-6H2/q+1. The van der Waals surface area contributed by atoms with E-state index in [9.17, 15) is 4.57 Å². The van der Waals surface area contributed by atoms with Crippen molar-refractivity contribution in [2.24, 2.45) is 0 Å². The van der Waals surface area contributed by atoms with Crippen LogP contribution in [0.15, 0.2) is 31.8 Å². The Morgan fingerprint density at radius 2 is 1.39 bits per heavy atom. The van der Waals surface area contributed by atoms with Gasteiger partial charge in [0.1, 0.15) is 13.2 Å². The summed E-state index contributed by atoms with van der Waals surface area (Å²) in [6.45, 7) is 0.610. The largest absolute Gasteiger partial charge is 0.698 e. The molecule has 0 aromatic carbocycles. The second-order valence-electron chi connectivity index (χ2n) is 3.18. The summed E-state index contributed by atoms with van der Waals surface area (Å²) in [4.78, 5) is 2.01. The van der Waals surface area contributed by atoms with Gasteiger partial charge in [-0.05, 0) is 56.1 Å². The minimum atomic E-state index is -2.08. The molecule has 0 amide bonds. The van der Waals surface area contributed by atoms with Crippen LogP contribution in [0.1, 0.15) is 9.75 Å². The number of rotatable bonds is 6. The lowest BCUT2D eigenvalue weighted by Gasteiger charge is -1.89. The van der Waals surface area contributed by atoms with Crippen molar-refractivity contribution in [3.63, 3.8) is 0 Å². The molecule has 0 bridgehead atoms. The first-order valence-electron chi connectivity index (χ1n) is 4.85. The molecular weight excluding hydrogens is 423 g/mol. The van der Waals surface area contributed by atoms with Gasteiger partial charge in [-0.2, -0.15) is 0 Å². The van der Waals surface area contributed by atoms with E-state index in [0.717, 1.165) is 17.3 Å². The first kappa shape index (κ1) is 14.8. The lowest BCUT2D eigenvalue weighted by molar-refractivity contribution is 0.215. The molecule has 2 heterocycles. The van der Waals surface area contributed by atoms with E-state index in [-0.39, 0.29) is 0 Å². The Morgan fingerprint density at radius 3 is 1.72 bits per heavy atom. The van der Waals surface area contributed by atoms with Crippen LogP contribution in [0.25, 0.3) is 0 Å². The average molecular weight is 431 g/mol. The van der Waals surface area contributed by atoms with Crippen LogP contribution in [-0.2, 0) is 26.8 Å². The predicted octanol–water partition coefficient (Wildman–Crippen LogP) is 5.73. The Hall–Kier alpha value is 0.380. The summed E-state index contributed by atoms with van der Waals surface area (Å²) in [5, 5.41) is 0. The van der Waals surface area contributed by atoms with Crippen LogP contribution < -0.4 is 0 Å². The third-order valence-corrected chi connectivity index (χ3v) is 5.76. The maximum Gasteiger partial charge on any atom is 0.698 e. The second kappa shape index (κ2) is 7.24. The molecule has 2 rings (SSSR count). The topological polar surface area (TPSA) is 35.5 Å². The van der Waals surface area contributed by atoms with Crippen LogP contribution in [0.4, 0.5) is 0 Å². The van der Waals surface area contributed by atoms with E-state index in [1.54, 1.807) is 22.7 Å². The highest BCUT2D eigenvalue weighted by atomic mass is 79.9. The maximum absolute atomic E-state index is 11.5. The molecule has 2 aromatic rings. The van der Waals surface area contributed by atoms with Gasteiger partial charge in [0, 0.05) is 14.3 Å². The Balaban J connectivity index is 1.72. The lowest BCUT2D eigenvalue weighted by atomic mass is 10.5. The minimum Gasteiger partial charge on any atom is -0.131 e. The number of hydrogen-bond acceptors (Lipinski definition) is 5. The van der Waals surface area contributed by atoms with E-state index in [1.165, 1.54) is 0 Å². The molecule has 0 aliphatic heterocycles. The molecule has 0 aliphatic carbocycles. The zero-order valence-electron chi connectivity index (χ0n) is 8.97. The van der Waals surface area contributed by atoms with Crippen molar-refractivity contribution < 1.29 is 13.6 Å². The fraction of sp³-hybridized carbons (Fsp3) is 0.200. The molecule has 8 heteroatoms. The van der Waals surface area contributed by atoms with Gasteiger partial charge in [-0.1, -0.05) is 0 Å². The van der Waals surface area contributed by atoms with Crippen molar-refractivity contribution >= 4 is 62.8 Å². The Bertz CT molecular complexity index is 494. The predicted molar refractivity (Wildman–Crippen MR) is 81.2 cm³/mol. The molecule has 0 saturated heterocycles. The van der Waals surface area contributed by atoms with Crippen LogP contribution in [0, 0.1) is 0 Å². The van der Waals surface area contributed by atoms with Crippen LogP contribution in [0.5, 0.6) is 0 Å². The van der Waals surface area contributed by atoms with Crippen molar-refractivity contribution in [3.8, 4) is 0 Å². The average Bonchev–Trinajstić information content (AvgIpc) is 2.93. The van der Waals surface area contributed by atoms with Gasteiger partial charge < -0.3 is 0 Å². The first-order valence-corrected chi connectivity index (χ1v) is 9.16. The van der Waals surface area contributed by atoms with Gasteiger partial charge in [-0.3, -0.25) is 0 Å². The van der Waals surface area contributed by atoms with Crippen LogP contribution in [0.3, 0.4) is 0 Å². The quantitative estimate of drug-likeness (QED) is 0.549. The molecule has 0 spiro atoms. The van der Waals surface area contributed by atoms with Gasteiger partial charge in [-0.25, -0.2) is 0 Å². The van der Waals surface area contributed by atoms with Crippen LogP contribution >= 0.6 is 62.8 Å². The van der Waals surface area contributed by atoms with Crippen molar-refractivity contribution in [1.29, 1.82) is 0 Å². The molecule has 0 N–H and O–H groups in total. The smallest absolute Gasteiger partial charge is 0.131 e. The zero-order chi connectivity index (χ0) is 13.0. The van der Waals surface area contributed by atoms with Crippen molar-refractivity contribution in [2.75, 3.05) is 0 Å². The third-order valence-electron chi connectivity index (χ3n) is 1.88. The Labute approximate surface area is 130 Å². The van der Waals surface area contributed by atoms with Crippen molar-refractivity contribution in [2.45, 2.75) is 13.2 Å². The molecule has 0 atom stereocenters. The summed E-state index contributed by atoms with van der Waals surface area (Å²) in [6.07, 6.45) is 0. The summed E-state index contributed by atoms with van der Waals surface area (Å²) < 4.78 is 23.8. The molecule has 0 aliphatic rings. The molecule has 0 unspecified atom stereocenters. The number of halogens is 2. The van der Waals surface area contributed by atoms with E-state index in [2.05, 4.69) is 31.9 Å². The first-order chi connectivity index (χ1) is 8.63. The SMILES string of the molecule is O=[P+](OCc1ccc(Br)s1)OCc1ccc(Br)s1. The molecule has 2 aromatic heterocycles. The molecule has 0 fully saturated rings. The molecular formula is C10H8Br2O3PS2+. The summed E-state index contributed by atoms with van der Waals surface area (Å²) in [6, 6.07) is 7.71. The Kier molecular flexibility index (Phi) is 5.95. The van der Waals surface area contributed by atoms with Gasteiger partial charge in [0.25, 0.3) is 0 Å². The van der Waals surface area contributed by atoms with Gasteiger partial charge in [-0.15, -0.1) is 31.7 Å².